The second-order valence-corrected chi connectivity index (χ2v) is 8.73. The number of esters is 1. The predicted octanol–water partition coefficient (Wildman–Crippen LogP) is 2.43. The average Bonchev–Trinajstić information content (AvgIpc) is 3.23. The molecule has 1 fully saturated rings. The van der Waals surface area contributed by atoms with Gasteiger partial charge in [-0.05, 0) is 42.0 Å². The first-order chi connectivity index (χ1) is 17.3. The lowest BCUT2D eigenvalue weighted by molar-refractivity contribution is -0.132. The van der Waals surface area contributed by atoms with E-state index in [-0.39, 0.29) is 36.2 Å². The third kappa shape index (κ3) is 6.27. The van der Waals surface area contributed by atoms with Gasteiger partial charge in [0.25, 0.3) is 5.91 Å². The maximum atomic E-state index is 14.7. The molecule has 0 bridgehead atoms. The normalized spacial score (nSPS) is 17.4. The van der Waals surface area contributed by atoms with Crippen LogP contribution in [0.4, 0.5) is 14.9 Å². The first-order valence-electron chi connectivity index (χ1n) is 10.8. The third-order valence-electron chi connectivity index (χ3n) is 5.06. The highest BCUT2D eigenvalue weighted by atomic mass is 32.2. The summed E-state index contributed by atoms with van der Waals surface area (Å²) in [5, 5.41) is 6.87. The van der Waals surface area contributed by atoms with Crippen molar-refractivity contribution in [2.45, 2.75) is 13.0 Å². The summed E-state index contributed by atoms with van der Waals surface area (Å²) in [7, 11) is 0. The Bertz CT molecular complexity index is 1260. The summed E-state index contributed by atoms with van der Waals surface area (Å²) in [5.74, 6) is -1.11. The Hall–Kier alpha value is -4.19. The van der Waals surface area contributed by atoms with E-state index in [1.165, 1.54) is 30.0 Å². The van der Waals surface area contributed by atoms with Crippen molar-refractivity contribution in [3.63, 3.8) is 0 Å². The van der Waals surface area contributed by atoms with Gasteiger partial charge in [0.2, 0.25) is 5.91 Å². The maximum absolute atomic E-state index is 14.7. The van der Waals surface area contributed by atoms with E-state index in [1.54, 1.807) is 36.4 Å². The van der Waals surface area contributed by atoms with Crippen molar-refractivity contribution >= 4 is 52.4 Å². The summed E-state index contributed by atoms with van der Waals surface area (Å²) in [4.78, 5) is 47.9. The number of ether oxygens (including phenoxy) is 2. The Morgan fingerprint density at radius 1 is 1.28 bits per heavy atom. The number of anilines is 1. The Kier molecular flexibility index (Phi) is 7.64. The van der Waals surface area contributed by atoms with Gasteiger partial charge in [0.05, 0.1) is 24.5 Å². The number of carbonyl (C=O) groups is 4. The zero-order valence-corrected chi connectivity index (χ0v) is 19.8. The molecule has 0 unspecified atom stereocenters. The van der Waals surface area contributed by atoms with Gasteiger partial charge in [-0.15, -0.1) is 0 Å². The van der Waals surface area contributed by atoms with Crippen molar-refractivity contribution in [1.29, 1.82) is 0 Å². The van der Waals surface area contributed by atoms with Crippen molar-refractivity contribution in [3.05, 3.63) is 65.5 Å². The Labute approximate surface area is 209 Å². The minimum atomic E-state index is -0.651. The number of cyclic esters (lactones) is 1. The van der Waals surface area contributed by atoms with Crippen molar-refractivity contribution in [2.75, 3.05) is 23.7 Å². The summed E-state index contributed by atoms with van der Waals surface area (Å²) in [6.45, 7) is 1.51. The van der Waals surface area contributed by atoms with E-state index < -0.39 is 24.0 Å². The van der Waals surface area contributed by atoms with Crippen LogP contribution in [0.1, 0.15) is 18.1 Å². The lowest BCUT2D eigenvalue weighted by atomic mass is 10.2. The smallest absolute Gasteiger partial charge is 0.414 e. The molecular formula is C24H21FN4O6S. The predicted molar refractivity (Wildman–Crippen MR) is 131 cm³/mol. The number of hydrazone groups is 1. The van der Waals surface area contributed by atoms with Crippen LogP contribution >= 0.6 is 11.8 Å². The van der Waals surface area contributed by atoms with Crippen LogP contribution in [-0.4, -0.2) is 53.9 Å². The van der Waals surface area contributed by atoms with Gasteiger partial charge in [-0.1, -0.05) is 23.9 Å². The van der Waals surface area contributed by atoms with E-state index in [4.69, 9.17) is 9.47 Å². The fraction of sp³-hybridized carbons (Fsp3) is 0.208. The number of rotatable bonds is 7. The molecule has 4 rings (SSSR count). The minimum absolute atomic E-state index is 0.0739. The van der Waals surface area contributed by atoms with Gasteiger partial charge in [0.1, 0.15) is 22.7 Å². The molecule has 0 saturated carbocycles. The van der Waals surface area contributed by atoms with Gasteiger partial charge in [0.15, 0.2) is 0 Å². The number of benzene rings is 2. The van der Waals surface area contributed by atoms with E-state index in [1.807, 2.05) is 0 Å². The molecule has 3 amide bonds. The van der Waals surface area contributed by atoms with Crippen molar-refractivity contribution < 1.29 is 33.0 Å². The topological polar surface area (TPSA) is 126 Å². The van der Waals surface area contributed by atoms with Gasteiger partial charge < -0.3 is 14.8 Å². The summed E-state index contributed by atoms with van der Waals surface area (Å²) in [5.41, 5.74) is 3.56. The molecule has 0 spiro atoms. The molecule has 10 nitrogen and oxygen atoms in total. The molecule has 186 valence electrons. The van der Waals surface area contributed by atoms with Crippen LogP contribution in [0, 0.1) is 5.82 Å². The SMILES string of the molecule is CC(=O)Oc1ccc(C=CC(=O)NC[C@H]2CN(c3ccc(C4=NNC(=O)CS4)c(F)c3)C(=O)O2)cc1. The zero-order chi connectivity index (χ0) is 25.7. The number of hydrogen-bond donors (Lipinski definition) is 2. The largest absolute Gasteiger partial charge is 0.442 e. The number of nitrogens with zero attached hydrogens (tertiary/aromatic N) is 2. The Morgan fingerprint density at radius 3 is 2.72 bits per heavy atom. The number of halogens is 1. The molecule has 1 atom stereocenters. The molecule has 2 aromatic carbocycles. The molecule has 2 aromatic rings. The second-order valence-electron chi connectivity index (χ2n) is 7.76. The van der Waals surface area contributed by atoms with Crippen LogP contribution < -0.4 is 20.4 Å². The zero-order valence-electron chi connectivity index (χ0n) is 19.0. The first-order valence-corrected chi connectivity index (χ1v) is 11.8. The molecular weight excluding hydrogens is 491 g/mol. The van der Waals surface area contributed by atoms with E-state index in [9.17, 15) is 23.6 Å². The molecule has 0 aliphatic carbocycles. The van der Waals surface area contributed by atoms with Crippen LogP contribution in [0.3, 0.4) is 0 Å². The second kappa shape index (κ2) is 11.0. The highest BCUT2D eigenvalue weighted by Crippen LogP contribution is 2.26. The Balaban J connectivity index is 1.30. The summed E-state index contributed by atoms with van der Waals surface area (Å²) >= 11 is 1.12. The van der Waals surface area contributed by atoms with Gasteiger partial charge in [-0.3, -0.25) is 19.3 Å². The molecule has 2 heterocycles. The summed E-state index contributed by atoms with van der Waals surface area (Å²) in [6.07, 6.45) is 1.65. The van der Waals surface area contributed by atoms with Gasteiger partial charge in [0, 0.05) is 18.6 Å². The fourth-order valence-corrected chi connectivity index (χ4v) is 4.16. The van der Waals surface area contributed by atoms with Crippen LogP contribution in [0.15, 0.2) is 53.6 Å². The Morgan fingerprint density at radius 2 is 2.06 bits per heavy atom. The molecule has 1 saturated heterocycles. The van der Waals surface area contributed by atoms with Crippen LogP contribution in [-0.2, 0) is 19.1 Å². The number of amides is 3. The summed E-state index contributed by atoms with van der Waals surface area (Å²) < 4.78 is 24.9. The van der Waals surface area contributed by atoms with Crippen molar-refractivity contribution in [1.82, 2.24) is 10.7 Å². The first kappa shape index (κ1) is 24.9. The van der Waals surface area contributed by atoms with Gasteiger partial charge in [-0.2, -0.15) is 5.10 Å². The molecule has 12 heteroatoms. The molecule has 2 aliphatic rings. The maximum Gasteiger partial charge on any atom is 0.414 e. The summed E-state index contributed by atoms with van der Waals surface area (Å²) in [6, 6.07) is 10.9. The van der Waals surface area contributed by atoms with Gasteiger partial charge >= 0.3 is 12.1 Å². The van der Waals surface area contributed by atoms with E-state index in [2.05, 4.69) is 15.8 Å². The highest BCUT2D eigenvalue weighted by molar-refractivity contribution is 8.15. The van der Waals surface area contributed by atoms with Crippen molar-refractivity contribution in [3.8, 4) is 5.75 Å². The lowest BCUT2D eigenvalue weighted by Crippen LogP contribution is -2.33. The number of hydrogen-bond acceptors (Lipinski definition) is 8. The monoisotopic (exact) mass is 512 g/mol. The third-order valence-corrected chi connectivity index (χ3v) is 6.05. The number of carbonyl (C=O) groups excluding carboxylic acids is 4. The molecule has 0 aromatic heterocycles. The number of nitrogens with one attached hydrogen (secondary N) is 2. The van der Waals surface area contributed by atoms with Gasteiger partial charge in [-0.25, -0.2) is 14.6 Å². The van der Waals surface area contributed by atoms with Crippen LogP contribution in [0.2, 0.25) is 0 Å². The molecule has 2 N–H and O–H groups in total. The van der Waals surface area contributed by atoms with Crippen LogP contribution in [0.5, 0.6) is 5.75 Å². The molecule has 2 aliphatic heterocycles. The number of thioether (sulfide) groups is 1. The van der Waals surface area contributed by atoms with E-state index >= 15 is 0 Å². The minimum Gasteiger partial charge on any atom is -0.442 e. The highest BCUT2D eigenvalue weighted by Gasteiger charge is 2.33. The average molecular weight is 513 g/mol. The van der Waals surface area contributed by atoms with Crippen molar-refractivity contribution in [2.24, 2.45) is 5.10 Å². The fourth-order valence-electron chi connectivity index (χ4n) is 3.39. The van der Waals surface area contributed by atoms with Crippen LogP contribution in [0.25, 0.3) is 6.08 Å². The van der Waals surface area contributed by atoms with E-state index in [0.29, 0.717) is 16.5 Å². The molecule has 0 radical (unpaired) electrons. The lowest BCUT2D eigenvalue weighted by Gasteiger charge is -2.16. The molecule has 36 heavy (non-hydrogen) atoms. The standard InChI is InChI=1S/C24H21FN4O6S/c1-14(30)34-17-6-2-15(3-7-17)4-9-21(31)26-11-18-12-29(24(33)35-18)16-5-8-19(20(25)10-16)23-28-27-22(32)13-36-23/h2-10,18H,11-13H2,1H3,(H,26,31)(H,27,32)/t18-/m0/s1. The van der Waals surface area contributed by atoms with E-state index in [0.717, 1.165) is 17.3 Å². The quantitative estimate of drug-likeness (QED) is 0.332.